The molecule has 20 heavy (non-hydrogen) atoms. The van der Waals surface area contributed by atoms with Crippen molar-refractivity contribution >= 4 is 29.1 Å². The van der Waals surface area contributed by atoms with Crippen molar-refractivity contribution in [3.8, 4) is 0 Å². The van der Waals surface area contributed by atoms with E-state index in [9.17, 15) is 4.79 Å². The van der Waals surface area contributed by atoms with Gasteiger partial charge in [-0.3, -0.25) is 4.79 Å². The molecule has 1 N–H and O–H groups in total. The molecule has 1 aliphatic rings. The lowest BCUT2D eigenvalue weighted by molar-refractivity contribution is 0.182. The third kappa shape index (κ3) is 3.68. The molecule has 0 bridgehead atoms. The largest absolute Gasteiger partial charge is 0.383 e. The van der Waals surface area contributed by atoms with Crippen LogP contribution in [0.1, 0.15) is 19.8 Å². The Bertz CT molecular complexity index is 515. The van der Waals surface area contributed by atoms with Crippen LogP contribution < -0.4 is 10.9 Å². The molecule has 2 rings (SSSR count). The van der Waals surface area contributed by atoms with E-state index in [1.807, 2.05) is 11.8 Å². The van der Waals surface area contributed by atoms with Gasteiger partial charge >= 0.3 is 0 Å². The minimum atomic E-state index is -0.280. The van der Waals surface area contributed by atoms with Crippen molar-refractivity contribution in [2.45, 2.75) is 31.1 Å². The summed E-state index contributed by atoms with van der Waals surface area (Å²) in [6, 6.07) is 0. The Balaban J connectivity index is 2.05. The van der Waals surface area contributed by atoms with Crippen LogP contribution in [0, 0.1) is 0 Å². The number of hydrogen-bond acceptors (Lipinski definition) is 5. The van der Waals surface area contributed by atoms with Crippen molar-refractivity contribution in [3.05, 3.63) is 21.6 Å². The Morgan fingerprint density at radius 3 is 3.10 bits per heavy atom. The molecule has 1 fully saturated rings. The SMILES string of the molecule is COCCn1ncc(NCC2(C)CCCS2)c(Cl)c1=O. The molecule has 0 aromatic carbocycles. The van der Waals surface area contributed by atoms with Crippen molar-refractivity contribution in [1.29, 1.82) is 0 Å². The quantitative estimate of drug-likeness (QED) is 0.872. The Hall–Kier alpha value is -0.720. The first-order chi connectivity index (χ1) is 9.56. The van der Waals surface area contributed by atoms with Crippen LogP contribution >= 0.6 is 23.4 Å². The van der Waals surface area contributed by atoms with Gasteiger partial charge in [-0.05, 0) is 25.5 Å². The summed E-state index contributed by atoms with van der Waals surface area (Å²) in [5, 5.41) is 7.57. The third-order valence-electron chi connectivity index (χ3n) is 3.45. The highest BCUT2D eigenvalue weighted by atomic mass is 35.5. The number of aromatic nitrogens is 2. The number of thioether (sulfide) groups is 1. The summed E-state index contributed by atoms with van der Waals surface area (Å²) in [5.41, 5.74) is 0.331. The maximum Gasteiger partial charge on any atom is 0.287 e. The second-order valence-electron chi connectivity index (χ2n) is 5.15. The first-order valence-electron chi connectivity index (χ1n) is 6.68. The van der Waals surface area contributed by atoms with E-state index in [0.29, 0.717) is 18.8 Å². The van der Waals surface area contributed by atoms with Crippen molar-refractivity contribution in [1.82, 2.24) is 9.78 Å². The Morgan fingerprint density at radius 2 is 2.45 bits per heavy atom. The zero-order valence-electron chi connectivity index (χ0n) is 11.8. The van der Waals surface area contributed by atoms with Crippen LogP contribution in [-0.2, 0) is 11.3 Å². The maximum absolute atomic E-state index is 12.0. The molecule has 5 nitrogen and oxygen atoms in total. The smallest absolute Gasteiger partial charge is 0.287 e. The highest BCUT2D eigenvalue weighted by molar-refractivity contribution is 8.00. The molecular formula is C13H20ClN3O2S. The lowest BCUT2D eigenvalue weighted by Crippen LogP contribution is -2.30. The van der Waals surface area contributed by atoms with Gasteiger partial charge < -0.3 is 10.1 Å². The number of hydrogen-bond donors (Lipinski definition) is 1. The average Bonchev–Trinajstić information content (AvgIpc) is 2.87. The third-order valence-corrected chi connectivity index (χ3v) is 5.35. The molecule has 1 atom stereocenters. The molecule has 1 aromatic rings. The van der Waals surface area contributed by atoms with E-state index in [2.05, 4.69) is 17.3 Å². The van der Waals surface area contributed by atoms with Gasteiger partial charge in [-0.15, -0.1) is 0 Å². The van der Waals surface area contributed by atoms with Gasteiger partial charge in [0.05, 0.1) is 25.0 Å². The predicted molar refractivity (Wildman–Crippen MR) is 84.0 cm³/mol. The predicted octanol–water partition coefficient (Wildman–Crippen LogP) is 2.24. The molecule has 0 saturated carbocycles. The molecule has 112 valence electrons. The molecule has 0 amide bonds. The molecule has 1 unspecified atom stereocenters. The number of ether oxygens (including phenoxy) is 1. The summed E-state index contributed by atoms with van der Waals surface area (Å²) < 4.78 is 6.48. The molecular weight excluding hydrogens is 298 g/mol. The van der Waals surface area contributed by atoms with E-state index < -0.39 is 0 Å². The molecule has 7 heteroatoms. The molecule has 1 aliphatic heterocycles. The average molecular weight is 318 g/mol. The molecule has 0 aliphatic carbocycles. The van der Waals surface area contributed by atoms with Gasteiger partial charge in [0.1, 0.15) is 5.02 Å². The molecule has 2 heterocycles. The monoisotopic (exact) mass is 317 g/mol. The van der Waals surface area contributed by atoms with Crippen LogP contribution in [0.2, 0.25) is 5.02 Å². The topological polar surface area (TPSA) is 56.1 Å². The number of rotatable bonds is 6. The minimum Gasteiger partial charge on any atom is -0.383 e. The van der Waals surface area contributed by atoms with Gasteiger partial charge in [0.25, 0.3) is 5.56 Å². The van der Waals surface area contributed by atoms with Gasteiger partial charge in [0, 0.05) is 18.4 Å². The first kappa shape index (κ1) is 15.7. The molecule has 0 radical (unpaired) electrons. The van der Waals surface area contributed by atoms with E-state index in [1.54, 1.807) is 13.3 Å². The lowest BCUT2D eigenvalue weighted by atomic mass is 10.1. The number of nitrogens with zero attached hydrogens (tertiary/aromatic N) is 2. The van der Waals surface area contributed by atoms with E-state index in [-0.39, 0.29) is 15.3 Å². The van der Waals surface area contributed by atoms with E-state index >= 15 is 0 Å². The van der Waals surface area contributed by atoms with Crippen LogP contribution in [-0.4, -0.2) is 40.5 Å². The number of methoxy groups -OCH3 is 1. The molecule has 0 spiro atoms. The van der Waals surface area contributed by atoms with Crippen LogP contribution in [0.25, 0.3) is 0 Å². The summed E-state index contributed by atoms with van der Waals surface area (Å²) in [4.78, 5) is 12.0. The Labute approximate surface area is 128 Å². The second kappa shape index (κ2) is 6.83. The standard InChI is InChI=1S/C13H20ClN3O2S/c1-13(4-3-7-20-13)9-15-10-8-16-17(5-6-19-2)12(18)11(10)14/h8,15H,3-7,9H2,1-2H3. The van der Waals surface area contributed by atoms with Gasteiger partial charge in [-0.25, -0.2) is 4.68 Å². The minimum absolute atomic E-state index is 0.197. The van der Waals surface area contributed by atoms with E-state index in [0.717, 1.165) is 6.54 Å². The Morgan fingerprint density at radius 1 is 1.65 bits per heavy atom. The van der Waals surface area contributed by atoms with Crippen molar-refractivity contribution in [2.24, 2.45) is 0 Å². The van der Waals surface area contributed by atoms with Gasteiger partial charge in [-0.2, -0.15) is 16.9 Å². The highest BCUT2D eigenvalue weighted by Crippen LogP contribution is 2.37. The second-order valence-corrected chi connectivity index (χ2v) is 7.21. The van der Waals surface area contributed by atoms with E-state index in [1.165, 1.54) is 23.3 Å². The summed E-state index contributed by atoms with van der Waals surface area (Å²) in [6.45, 7) is 3.87. The molecule has 1 saturated heterocycles. The number of anilines is 1. The van der Waals surface area contributed by atoms with Gasteiger partial charge in [0.15, 0.2) is 0 Å². The van der Waals surface area contributed by atoms with Crippen molar-refractivity contribution in [2.75, 3.05) is 31.3 Å². The zero-order valence-corrected chi connectivity index (χ0v) is 13.4. The van der Waals surface area contributed by atoms with Crippen LogP contribution in [0.15, 0.2) is 11.0 Å². The summed E-state index contributed by atoms with van der Waals surface area (Å²) in [6.07, 6.45) is 4.04. The van der Waals surface area contributed by atoms with E-state index in [4.69, 9.17) is 16.3 Å². The highest BCUT2D eigenvalue weighted by Gasteiger charge is 2.29. The van der Waals surface area contributed by atoms with Crippen LogP contribution in [0.4, 0.5) is 5.69 Å². The summed E-state index contributed by atoms with van der Waals surface area (Å²) in [7, 11) is 1.59. The lowest BCUT2D eigenvalue weighted by Gasteiger charge is -2.23. The fourth-order valence-corrected chi connectivity index (χ4v) is 3.64. The van der Waals surface area contributed by atoms with Gasteiger partial charge in [-0.1, -0.05) is 11.6 Å². The first-order valence-corrected chi connectivity index (χ1v) is 8.04. The van der Waals surface area contributed by atoms with Crippen molar-refractivity contribution < 1.29 is 4.74 Å². The van der Waals surface area contributed by atoms with Gasteiger partial charge in [0.2, 0.25) is 0 Å². The normalized spacial score (nSPS) is 22.1. The summed E-state index contributed by atoms with van der Waals surface area (Å²) in [5.74, 6) is 1.20. The zero-order chi connectivity index (χ0) is 14.6. The summed E-state index contributed by atoms with van der Waals surface area (Å²) >= 11 is 8.09. The van der Waals surface area contributed by atoms with Crippen LogP contribution in [0.5, 0.6) is 0 Å². The fraction of sp³-hybridized carbons (Fsp3) is 0.692. The molecule has 1 aromatic heterocycles. The number of nitrogens with one attached hydrogen (secondary N) is 1. The van der Waals surface area contributed by atoms with Crippen molar-refractivity contribution in [3.63, 3.8) is 0 Å². The number of halogens is 1. The fourth-order valence-electron chi connectivity index (χ4n) is 2.18. The Kier molecular flexibility index (Phi) is 5.35. The maximum atomic E-state index is 12.0. The van der Waals surface area contributed by atoms with Crippen LogP contribution in [0.3, 0.4) is 0 Å².